The molecule has 126 valence electrons. The zero-order valence-corrected chi connectivity index (χ0v) is 14.9. The van der Waals surface area contributed by atoms with Crippen LogP contribution in [0.15, 0.2) is 29.6 Å². The molecule has 0 aliphatic heterocycles. The quantitative estimate of drug-likeness (QED) is 0.655. The van der Waals surface area contributed by atoms with Gasteiger partial charge in [0, 0.05) is 34.0 Å². The molecule has 0 atom stereocenters. The molecule has 0 aliphatic rings. The minimum absolute atomic E-state index is 0.373. The van der Waals surface area contributed by atoms with Gasteiger partial charge >= 0.3 is 5.97 Å². The van der Waals surface area contributed by atoms with Crippen LogP contribution in [0.25, 0.3) is 10.1 Å². The van der Waals surface area contributed by atoms with E-state index in [0.717, 1.165) is 21.7 Å². The molecule has 0 bridgehead atoms. The van der Waals surface area contributed by atoms with Crippen LogP contribution in [0, 0.1) is 25.2 Å². The number of benzene rings is 1. The van der Waals surface area contributed by atoms with Gasteiger partial charge in [-0.05, 0) is 32.0 Å². The molecule has 1 aromatic carbocycles. The first-order valence-corrected chi connectivity index (χ1v) is 8.55. The van der Waals surface area contributed by atoms with Gasteiger partial charge in [-0.3, -0.25) is 9.78 Å². The minimum Gasteiger partial charge on any atom is -0.489 e. The lowest BCUT2D eigenvalue weighted by Gasteiger charge is -2.10. The molecule has 0 aliphatic carbocycles. The van der Waals surface area contributed by atoms with E-state index in [1.165, 1.54) is 18.3 Å². The second-order valence-electron chi connectivity index (χ2n) is 5.64. The number of rotatable bonds is 4. The van der Waals surface area contributed by atoms with Gasteiger partial charge in [-0.15, -0.1) is 11.3 Å². The van der Waals surface area contributed by atoms with Crippen molar-refractivity contribution in [3.05, 3.63) is 52.2 Å². The molecule has 0 radical (unpaired) electrons. The Hall–Kier alpha value is -2.91. The number of aromatic nitrogens is 1. The van der Waals surface area contributed by atoms with Crippen molar-refractivity contribution < 1.29 is 14.3 Å². The average molecular weight is 352 g/mol. The summed E-state index contributed by atoms with van der Waals surface area (Å²) in [6.07, 6.45) is 0. The zero-order valence-electron chi connectivity index (χ0n) is 14.1. The lowest BCUT2D eigenvalue weighted by Crippen LogP contribution is -2.02. The Morgan fingerprint density at radius 2 is 2.12 bits per heavy atom. The van der Waals surface area contributed by atoms with Crippen molar-refractivity contribution in [2.24, 2.45) is 0 Å². The van der Waals surface area contributed by atoms with Crippen molar-refractivity contribution in [3.8, 4) is 17.6 Å². The second-order valence-corrected chi connectivity index (χ2v) is 6.55. The number of nitriles is 1. The van der Waals surface area contributed by atoms with Crippen LogP contribution in [0.4, 0.5) is 0 Å². The van der Waals surface area contributed by atoms with Crippen LogP contribution in [0.5, 0.6) is 11.5 Å². The van der Waals surface area contributed by atoms with E-state index in [0.29, 0.717) is 29.1 Å². The van der Waals surface area contributed by atoms with E-state index in [1.54, 1.807) is 11.4 Å². The predicted octanol–water partition coefficient (Wildman–Crippen LogP) is 4.29. The second kappa shape index (κ2) is 6.91. The number of hydrogen-bond donors (Lipinski definition) is 0. The summed E-state index contributed by atoms with van der Waals surface area (Å²) in [5, 5.41) is 11.8. The van der Waals surface area contributed by atoms with Crippen molar-refractivity contribution in [1.29, 1.82) is 5.26 Å². The molecule has 2 aromatic heterocycles. The van der Waals surface area contributed by atoms with E-state index >= 15 is 0 Å². The van der Waals surface area contributed by atoms with Gasteiger partial charge < -0.3 is 9.47 Å². The molecule has 0 saturated carbocycles. The maximum atomic E-state index is 11.2. The fourth-order valence-electron chi connectivity index (χ4n) is 2.54. The van der Waals surface area contributed by atoms with Gasteiger partial charge in [0.15, 0.2) is 5.75 Å². The molecule has 0 spiro atoms. The minimum atomic E-state index is -0.411. The summed E-state index contributed by atoms with van der Waals surface area (Å²) in [7, 11) is 0. The third-order valence-electron chi connectivity index (χ3n) is 3.72. The lowest BCUT2D eigenvalue weighted by atomic mass is 10.1. The highest BCUT2D eigenvalue weighted by molar-refractivity contribution is 7.17. The molecule has 0 N–H and O–H groups in total. The molecule has 2 heterocycles. The summed E-state index contributed by atoms with van der Waals surface area (Å²) < 4.78 is 11.9. The molecule has 3 aromatic rings. The highest BCUT2D eigenvalue weighted by Gasteiger charge is 2.14. The van der Waals surface area contributed by atoms with Crippen LogP contribution in [0.1, 0.15) is 29.4 Å². The van der Waals surface area contributed by atoms with Gasteiger partial charge in [-0.25, -0.2) is 0 Å². The molecular formula is C19H16N2O3S. The first-order chi connectivity index (χ1) is 12.0. The van der Waals surface area contributed by atoms with Crippen molar-refractivity contribution >= 4 is 27.4 Å². The summed E-state index contributed by atoms with van der Waals surface area (Å²) in [4.78, 5) is 15.6. The molecule has 25 heavy (non-hydrogen) atoms. The Kier molecular flexibility index (Phi) is 4.68. The zero-order chi connectivity index (χ0) is 18.0. The first-order valence-electron chi connectivity index (χ1n) is 7.67. The molecule has 0 fully saturated rings. The van der Waals surface area contributed by atoms with Crippen molar-refractivity contribution in [1.82, 2.24) is 4.98 Å². The molecule has 5 nitrogen and oxygen atoms in total. The Balaban J connectivity index is 1.90. The summed E-state index contributed by atoms with van der Waals surface area (Å²) in [6, 6.07) is 9.60. The summed E-state index contributed by atoms with van der Waals surface area (Å²) in [5.74, 6) is 0.598. The molecule has 0 amide bonds. The fraction of sp³-hybridized carbons (Fsp3) is 0.211. The number of carbonyl (C=O) groups excluding carboxylic acids is 1. The number of hydrogen-bond acceptors (Lipinski definition) is 6. The van der Waals surface area contributed by atoms with Crippen LogP contribution in [-0.2, 0) is 11.4 Å². The number of aryl methyl sites for hydroxylation is 2. The highest BCUT2D eigenvalue weighted by Crippen LogP contribution is 2.37. The van der Waals surface area contributed by atoms with Gasteiger partial charge in [-0.2, -0.15) is 5.26 Å². The number of esters is 1. The Morgan fingerprint density at radius 1 is 1.32 bits per heavy atom. The number of nitrogens with zero attached hydrogens (tertiary/aromatic N) is 2. The van der Waals surface area contributed by atoms with Crippen LogP contribution in [0.2, 0.25) is 0 Å². The normalized spacial score (nSPS) is 10.5. The number of thiophene rings is 1. The monoisotopic (exact) mass is 352 g/mol. The lowest BCUT2D eigenvalue weighted by molar-refractivity contribution is -0.131. The van der Waals surface area contributed by atoms with Gasteiger partial charge in [0.1, 0.15) is 18.4 Å². The number of ether oxygens (including phenoxy) is 2. The van der Waals surface area contributed by atoms with E-state index in [2.05, 4.69) is 11.1 Å². The van der Waals surface area contributed by atoms with Crippen LogP contribution in [-0.4, -0.2) is 11.0 Å². The molecular weight excluding hydrogens is 336 g/mol. The van der Waals surface area contributed by atoms with Crippen molar-refractivity contribution in [3.63, 3.8) is 0 Å². The van der Waals surface area contributed by atoms with E-state index in [-0.39, 0.29) is 0 Å². The number of fused-ring (bicyclic) bond motifs is 1. The standard InChI is InChI=1S/C19H16N2O3S/c1-11-4-5-14(12(2)21-11)9-23-16-6-15(8-20)19-17(24-13(3)22)10-25-18(19)7-16/h4-7,10H,9H2,1-3H3. The smallest absolute Gasteiger partial charge is 0.308 e. The van der Waals surface area contributed by atoms with Crippen molar-refractivity contribution in [2.75, 3.05) is 0 Å². The SMILES string of the molecule is CC(=O)Oc1csc2cc(OCc3ccc(C)nc3C)cc(C#N)c12. The summed E-state index contributed by atoms with van der Waals surface area (Å²) >= 11 is 1.41. The van der Waals surface area contributed by atoms with Gasteiger partial charge in [-0.1, -0.05) is 6.07 Å². The molecule has 0 saturated heterocycles. The molecule has 3 rings (SSSR count). The maximum Gasteiger partial charge on any atom is 0.308 e. The van der Waals surface area contributed by atoms with Gasteiger partial charge in [0.05, 0.1) is 10.9 Å². The summed E-state index contributed by atoms with van der Waals surface area (Å²) in [6.45, 7) is 5.60. The number of pyridine rings is 1. The van der Waals surface area contributed by atoms with Crippen LogP contribution >= 0.6 is 11.3 Å². The van der Waals surface area contributed by atoms with Crippen LogP contribution in [0.3, 0.4) is 0 Å². The van der Waals surface area contributed by atoms with Gasteiger partial charge in [0.2, 0.25) is 0 Å². The first kappa shape index (κ1) is 16.9. The van der Waals surface area contributed by atoms with Gasteiger partial charge in [0.25, 0.3) is 0 Å². The van der Waals surface area contributed by atoms with Crippen LogP contribution < -0.4 is 9.47 Å². The summed E-state index contributed by atoms with van der Waals surface area (Å²) in [5.41, 5.74) is 3.31. The Bertz CT molecular complexity index is 1000. The van der Waals surface area contributed by atoms with E-state index < -0.39 is 5.97 Å². The van der Waals surface area contributed by atoms with Crippen molar-refractivity contribution in [2.45, 2.75) is 27.4 Å². The largest absolute Gasteiger partial charge is 0.489 e. The highest BCUT2D eigenvalue weighted by atomic mass is 32.1. The number of carbonyl (C=O) groups is 1. The maximum absolute atomic E-state index is 11.2. The molecule has 6 heteroatoms. The predicted molar refractivity (Wildman–Crippen MR) is 95.9 cm³/mol. The van der Waals surface area contributed by atoms with E-state index in [9.17, 15) is 10.1 Å². The molecule has 0 unspecified atom stereocenters. The Morgan fingerprint density at radius 3 is 2.80 bits per heavy atom. The Labute approximate surface area is 149 Å². The fourth-order valence-corrected chi connectivity index (χ4v) is 3.46. The third-order valence-corrected chi connectivity index (χ3v) is 4.63. The topological polar surface area (TPSA) is 72.2 Å². The third kappa shape index (κ3) is 3.62. The average Bonchev–Trinajstić information content (AvgIpc) is 2.95. The van der Waals surface area contributed by atoms with E-state index in [1.807, 2.05) is 32.0 Å². The van der Waals surface area contributed by atoms with E-state index in [4.69, 9.17) is 9.47 Å².